The number of carboxylic acid groups (broad SMARTS) is 1. The number of aromatic carboxylic acids is 1. The second-order valence-corrected chi connectivity index (χ2v) is 5.47. The van der Waals surface area contributed by atoms with Gasteiger partial charge in [0.05, 0.1) is 11.3 Å². The number of carbonyl (C=O) groups is 2. The molecule has 8 heteroatoms. The van der Waals surface area contributed by atoms with Gasteiger partial charge in [0.15, 0.2) is 0 Å². The van der Waals surface area contributed by atoms with Gasteiger partial charge in [0.2, 0.25) is 0 Å². The van der Waals surface area contributed by atoms with Crippen molar-refractivity contribution in [1.29, 1.82) is 0 Å². The highest BCUT2D eigenvalue weighted by Crippen LogP contribution is 2.23. The van der Waals surface area contributed by atoms with Crippen molar-refractivity contribution in [3.05, 3.63) is 34.0 Å². The molecule has 0 bridgehead atoms. The van der Waals surface area contributed by atoms with E-state index in [0.29, 0.717) is 11.5 Å². The normalized spacial score (nSPS) is 10.4. The minimum absolute atomic E-state index is 0.0869. The Hall–Kier alpha value is -2.35. The molecular weight excluding hydrogens is 292 g/mol. The Balaban J connectivity index is 1.99. The third-order valence-corrected chi connectivity index (χ3v) is 4.04. The van der Waals surface area contributed by atoms with Crippen molar-refractivity contribution in [3.8, 4) is 0 Å². The van der Waals surface area contributed by atoms with Gasteiger partial charge < -0.3 is 10.4 Å². The summed E-state index contributed by atoms with van der Waals surface area (Å²) in [6.07, 6.45) is 0. The summed E-state index contributed by atoms with van der Waals surface area (Å²) in [6.45, 7) is 4.14. The minimum atomic E-state index is -1.06. The number of amides is 2. The van der Waals surface area contributed by atoms with Crippen LogP contribution in [0.3, 0.4) is 0 Å². The lowest BCUT2D eigenvalue weighted by Crippen LogP contribution is -2.28. The predicted molar refractivity (Wildman–Crippen MR) is 79.8 cm³/mol. The Morgan fingerprint density at radius 1 is 1.43 bits per heavy atom. The fraction of sp³-hybridized carbons (Fsp3) is 0.308. The van der Waals surface area contributed by atoms with Crippen molar-refractivity contribution < 1.29 is 14.7 Å². The molecule has 0 unspecified atom stereocenters. The Morgan fingerprint density at radius 2 is 2.14 bits per heavy atom. The zero-order valence-corrected chi connectivity index (χ0v) is 12.7. The van der Waals surface area contributed by atoms with Crippen molar-refractivity contribution in [2.75, 3.05) is 5.32 Å². The molecule has 0 saturated heterocycles. The van der Waals surface area contributed by atoms with Crippen LogP contribution in [0.5, 0.6) is 0 Å². The van der Waals surface area contributed by atoms with Gasteiger partial charge in [0.1, 0.15) is 5.00 Å². The molecule has 2 rings (SSSR count). The summed E-state index contributed by atoms with van der Waals surface area (Å²) in [5.41, 5.74) is 2.88. The first-order valence-electron chi connectivity index (χ1n) is 6.25. The van der Waals surface area contributed by atoms with Crippen LogP contribution in [0.2, 0.25) is 0 Å². The zero-order valence-electron chi connectivity index (χ0n) is 11.9. The van der Waals surface area contributed by atoms with E-state index in [1.807, 2.05) is 20.9 Å². The van der Waals surface area contributed by atoms with Gasteiger partial charge in [-0.2, -0.15) is 5.10 Å². The Labute approximate surface area is 125 Å². The van der Waals surface area contributed by atoms with Gasteiger partial charge in [-0.05, 0) is 25.3 Å². The number of hydrogen-bond acceptors (Lipinski definition) is 4. The first-order valence-corrected chi connectivity index (χ1v) is 7.12. The molecule has 112 valence electrons. The molecule has 2 aromatic rings. The lowest BCUT2D eigenvalue weighted by Gasteiger charge is -2.07. The molecule has 0 spiro atoms. The topological polar surface area (TPSA) is 96.3 Å². The summed E-state index contributed by atoms with van der Waals surface area (Å²) in [7, 11) is 1.84. The molecule has 0 aromatic carbocycles. The van der Waals surface area contributed by atoms with Crippen LogP contribution in [-0.4, -0.2) is 26.9 Å². The van der Waals surface area contributed by atoms with E-state index in [-0.39, 0.29) is 5.56 Å². The van der Waals surface area contributed by atoms with Crippen molar-refractivity contribution in [1.82, 2.24) is 15.1 Å². The van der Waals surface area contributed by atoms with Crippen LogP contribution in [-0.2, 0) is 13.6 Å². The Bertz CT molecular complexity index is 690. The number of rotatable bonds is 4. The average Bonchev–Trinajstić information content (AvgIpc) is 2.94. The quantitative estimate of drug-likeness (QED) is 0.806. The lowest BCUT2D eigenvalue weighted by molar-refractivity contribution is 0.0698. The maximum absolute atomic E-state index is 11.9. The first kappa shape index (κ1) is 15.0. The summed E-state index contributed by atoms with van der Waals surface area (Å²) in [5.74, 6) is -1.06. The van der Waals surface area contributed by atoms with Gasteiger partial charge in [0, 0.05) is 24.8 Å². The van der Waals surface area contributed by atoms with Crippen LogP contribution in [0.4, 0.5) is 9.80 Å². The molecule has 0 saturated carbocycles. The molecular formula is C13H16N4O3S. The maximum atomic E-state index is 11.9. The number of carbonyl (C=O) groups excluding carboxylic acids is 1. The lowest BCUT2D eigenvalue weighted by atomic mass is 10.2. The van der Waals surface area contributed by atoms with Gasteiger partial charge in [-0.3, -0.25) is 10.00 Å². The highest BCUT2D eigenvalue weighted by atomic mass is 32.1. The van der Waals surface area contributed by atoms with E-state index >= 15 is 0 Å². The fourth-order valence-electron chi connectivity index (χ4n) is 1.96. The van der Waals surface area contributed by atoms with E-state index < -0.39 is 12.0 Å². The van der Waals surface area contributed by atoms with Gasteiger partial charge >= 0.3 is 12.0 Å². The number of urea groups is 1. The number of aryl methyl sites for hydroxylation is 2. The molecule has 3 N–H and O–H groups in total. The summed E-state index contributed by atoms with van der Waals surface area (Å²) >= 11 is 1.17. The molecule has 0 fully saturated rings. The Morgan fingerprint density at radius 3 is 2.71 bits per heavy atom. The molecule has 0 aliphatic carbocycles. The third kappa shape index (κ3) is 3.22. The molecule has 0 aliphatic rings. The van der Waals surface area contributed by atoms with Gasteiger partial charge in [0.25, 0.3) is 0 Å². The molecule has 0 radical (unpaired) electrons. The first-order chi connectivity index (χ1) is 9.90. The minimum Gasteiger partial charge on any atom is -0.478 e. The third-order valence-electron chi connectivity index (χ3n) is 3.21. The number of nitrogens with one attached hydrogen (secondary N) is 2. The highest BCUT2D eigenvalue weighted by molar-refractivity contribution is 7.14. The second-order valence-electron chi connectivity index (χ2n) is 4.55. The van der Waals surface area contributed by atoms with Crippen LogP contribution in [0.1, 0.15) is 27.3 Å². The average molecular weight is 308 g/mol. The fourth-order valence-corrected chi connectivity index (χ4v) is 2.74. The van der Waals surface area contributed by atoms with Crippen molar-refractivity contribution in [2.24, 2.45) is 7.05 Å². The van der Waals surface area contributed by atoms with Crippen LogP contribution in [0.15, 0.2) is 11.4 Å². The number of carboxylic acids is 1. The van der Waals surface area contributed by atoms with E-state index in [1.165, 1.54) is 17.4 Å². The largest absolute Gasteiger partial charge is 0.478 e. The van der Waals surface area contributed by atoms with E-state index in [1.54, 1.807) is 10.1 Å². The summed E-state index contributed by atoms with van der Waals surface area (Å²) in [4.78, 5) is 22.8. The van der Waals surface area contributed by atoms with Crippen LogP contribution >= 0.6 is 11.3 Å². The molecule has 2 amide bonds. The number of anilines is 1. The number of hydrogen-bond donors (Lipinski definition) is 3. The van der Waals surface area contributed by atoms with E-state index in [2.05, 4.69) is 15.7 Å². The second kappa shape index (κ2) is 5.96. The highest BCUT2D eigenvalue weighted by Gasteiger charge is 2.15. The van der Waals surface area contributed by atoms with Crippen LogP contribution in [0, 0.1) is 13.8 Å². The van der Waals surface area contributed by atoms with Crippen molar-refractivity contribution >= 4 is 28.3 Å². The predicted octanol–water partition coefficient (Wildman–Crippen LogP) is 2.12. The van der Waals surface area contributed by atoms with Gasteiger partial charge in [-0.25, -0.2) is 9.59 Å². The molecule has 2 heterocycles. The molecule has 7 nitrogen and oxygen atoms in total. The maximum Gasteiger partial charge on any atom is 0.338 e. The molecule has 21 heavy (non-hydrogen) atoms. The standard InChI is InChI=1S/C13H16N4O3S/c1-7-10(8(2)17(3)16-7)6-14-13(20)15-11-9(12(18)19)4-5-21-11/h4-5H,6H2,1-3H3,(H,18,19)(H2,14,15,20). The van der Waals surface area contributed by atoms with Crippen molar-refractivity contribution in [3.63, 3.8) is 0 Å². The number of thiophene rings is 1. The number of aromatic nitrogens is 2. The van der Waals surface area contributed by atoms with Crippen LogP contribution < -0.4 is 10.6 Å². The molecule has 0 aliphatic heterocycles. The summed E-state index contributed by atoms with van der Waals surface area (Å²) < 4.78 is 1.76. The summed E-state index contributed by atoms with van der Waals surface area (Å²) in [6, 6.07) is 1.01. The Kier molecular flexibility index (Phi) is 4.27. The number of nitrogens with zero attached hydrogens (tertiary/aromatic N) is 2. The van der Waals surface area contributed by atoms with Gasteiger partial charge in [-0.1, -0.05) is 0 Å². The molecule has 2 aromatic heterocycles. The molecule has 0 atom stereocenters. The zero-order chi connectivity index (χ0) is 15.6. The van der Waals surface area contributed by atoms with Gasteiger partial charge in [-0.15, -0.1) is 11.3 Å². The SMILES string of the molecule is Cc1nn(C)c(C)c1CNC(=O)Nc1sccc1C(=O)O. The smallest absolute Gasteiger partial charge is 0.338 e. The van der Waals surface area contributed by atoms with Crippen LogP contribution in [0.25, 0.3) is 0 Å². The van der Waals surface area contributed by atoms with E-state index in [4.69, 9.17) is 5.11 Å². The van der Waals surface area contributed by atoms with E-state index in [0.717, 1.165) is 17.0 Å². The monoisotopic (exact) mass is 308 g/mol. The van der Waals surface area contributed by atoms with E-state index in [9.17, 15) is 9.59 Å². The van der Waals surface area contributed by atoms with Crippen molar-refractivity contribution in [2.45, 2.75) is 20.4 Å². The summed E-state index contributed by atoms with van der Waals surface area (Å²) in [5, 5.41) is 20.4.